The molecule has 1 aromatic rings. The molecule has 0 radical (unpaired) electrons. The van der Waals surface area contributed by atoms with Crippen LogP contribution in [0.2, 0.25) is 0 Å². The number of aryl methyl sites for hydroxylation is 1. The van der Waals surface area contributed by atoms with E-state index in [1.54, 1.807) is 14.1 Å². The maximum atomic E-state index is 12.2. The topological polar surface area (TPSA) is 75.5 Å². The fraction of sp³-hybridized carbons (Fsp3) is 0.714. The lowest BCUT2D eigenvalue weighted by atomic mass is 10.2. The first-order chi connectivity index (χ1) is 10.3. The van der Waals surface area contributed by atoms with Gasteiger partial charge >= 0.3 is 0 Å². The molecule has 2 heterocycles. The van der Waals surface area contributed by atoms with Gasteiger partial charge < -0.3 is 9.47 Å². The SMILES string of the molecule is CCCS(=O)(=O)N1CCc2c(C(=O)N(C)C)nc(C)n2CC1. The molecule has 0 aromatic carbocycles. The van der Waals surface area contributed by atoms with Gasteiger partial charge in [-0.2, -0.15) is 4.31 Å². The minimum atomic E-state index is -3.21. The maximum Gasteiger partial charge on any atom is 0.273 e. The van der Waals surface area contributed by atoms with Gasteiger partial charge in [0.25, 0.3) is 5.91 Å². The van der Waals surface area contributed by atoms with E-state index in [-0.39, 0.29) is 11.7 Å². The van der Waals surface area contributed by atoms with E-state index < -0.39 is 10.0 Å². The van der Waals surface area contributed by atoms with Crippen LogP contribution in [0.3, 0.4) is 0 Å². The average molecular weight is 328 g/mol. The predicted octanol–water partition coefficient (Wildman–Crippen LogP) is 0.491. The molecule has 2 rings (SSSR count). The zero-order chi connectivity index (χ0) is 16.5. The van der Waals surface area contributed by atoms with E-state index in [9.17, 15) is 13.2 Å². The summed E-state index contributed by atoms with van der Waals surface area (Å²) < 4.78 is 28.0. The van der Waals surface area contributed by atoms with E-state index in [0.29, 0.717) is 38.2 Å². The van der Waals surface area contributed by atoms with Crippen molar-refractivity contribution in [3.05, 3.63) is 17.2 Å². The van der Waals surface area contributed by atoms with Crippen molar-refractivity contribution < 1.29 is 13.2 Å². The fourth-order valence-corrected chi connectivity index (χ4v) is 4.27. The Kier molecular flexibility index (Phi) is 4.91. The number of rotatable bonds is 4. The quantitative estimate of drug-likeness (QED) is 0.806. The van der Waals surface area contributed by atoms with Gasteiger partial charge in [-0.3, -0.25) is 4.79 Å². The van der Waals surface area contributed by atoms with Gasteiger partial charge in [0, 0.05) is 40.2 Å². The molecule has 0 atom stereocenters. The van der Waals surface area contributed by atoms with Crippen LogP contribution in [0.4, 0.5) is 0 Å². The van der Waals surface area contributed by atoms with E-state index in [0.717, 1.165) is 11.5 Å². The zero-order valence-corrected chi connectivity index (χ0v) is 14.5. The lowest BCUT2D eigenvalue weighted by Gasteiger charge is -2.19. The molecule has 1 aliphatic heterocycles. The van der Waals surface area contributed by atoms with Gasteiger partial charge in [-0.05, 0) is 13.3 Å². The number of amides is 1. The van der Waals surface area contributed by atoms with Gasteiger partial charge in [0.15, 0.2) is 0 Å². The molecule has 0 saturated heterocycles. The van der Waals surface area contributed by atoms with Crippen LogP contribution >= 0.6 is 0 Å². The van der Waals surface area contributed by atoms with Gasteiger partial charge in [-0.25, -0.2) is 13.4 Å². The summed E-state index contributed by atoms with van der Waals surface area (Å²) >= 11 is 0. The lowest BCUT2D eigenvalue weighted by molar-refractivity contribution is 0.0821. The predicted molar refractivity (Wildman–Crippen MR) is 84.3 cm³/mol. The fourth-order valence-electron chi connectivity index (χ4n) is 2.76. The molecule has 0 spiro atoms. The Morgan fingerprint density at radius 1 is 1.27 bits per heavy atom. The van der Waals surface area contributed by atoms with Crippen LogP contribution in [0.5, 0.6) is 0 Å². The van der Waals surface area contributed by atoms with Crippen LogP contribution in [-0.2, 0) is 23.0 Å². The monoisotopic (exact) mass is 328 g/mol. The first kappa shape index (κ1) is 17.0. The van der Waals surface area contributed by atoms with Crippen molar-refractivity contribution in [1.29, 1.82) is 0 Å². The first-order valence-corrected chi connectivity index (χ1v) is 9.14. The van der Waals surface area contributed by atoms with Crippen molar-refractivity contribution in [3.63, 3.8) is 0 Å². The number of carbonyl (C=O) groups is 1. The van der Waals surface area contributed by atoms with Crippen LogP contribution < -0.4 is 0 Å². The number of carbonyl (C=O) groups excluding carboxylic acids is 1. The Bertz CT molecular complexity index is 664. The molecule has 124 valence electrons. The summed E-state index contributed by atoms with van der Waals surface area (Å²) in [6, 6.07) is 0. The Hall–Kier alpha value is -1.41. The van der Waals surface area contributed by atoms with Crippen LogP contribution in [0, 0.1) is 6.92 Å². The molecule has 0 aliphatic carbocycles. The molecular formula is C14H24N4O3S. The molecular weight excluding hydrogens is 304 g/mol. The molecule has 1 aliphatic rings. The summed E-state index contributed by atoms with van der Waals surface area (Å²) in [5.74, 6) is 0.791. The zero-order valence-electron chi connectivity index (χ0n) is 13.7. The standard InChI is InChI=1S/C14H24N4O3S/c1-5-10-22(20,21)17-7-6-12-13(14(19)16(3)4)15-11(2)18(12)9-8-17/h5-10H2,1-4H3. The largest absolute Gasteiger partial charge is 0.343 e. The highest BCUT2D eigenvalue weighted by atomic mass is 32.2. The Morgan fingerprint density at radius 2 is 1.95 bits per heavy atom. The Balaban J connectivity index is 2.30. The average Bonchev–Trinajstić information content (AvgIpc) is 2.63. The smallest absolute Gasteiger partial charge is 0.273 e. The van der Waals surface area contributed by atoms with Gasteiger partial charge in [-0.1, -0.05) is 6.92 Å². The summed E-state index contributed by atoms with van der Waals surface area (Å²) in [5, 5.41) is 0. The van der Waals surface area contributed by atoms with Gasteiger partial charge in [0.1, 0.15) is 11.5 Å². The lowest BCUT2D eigenvalue weighted by Crippen LogP contribution is -2.35. The second kappa shape index (κ2) is 6.37. The highest BCUT2D eigenvalue weighted by Gasteiger charge is 2.28. The number of sulfonamides is 1. The highest BCUT2D eigenvalue weighted by Crippen LogP contribution is 2.19. The van der Waals surface area contributed by atoms with Crippen LogP contribution in [0.15, 0.2) is 0 Å². The Labute approximate surface area is 132 Å². The molecule has 0 N–H and O–H groups in total. The minimum absolute atomic E-state index is 0.137. The number of hydrogen-bond donors (Lipinski definition) is 0. The molecule has 1 amide bonds. The van der Waals surface area contributed by atoms with Crippen molar-refractivity contribution in [1.82, 2.24) is 18.8 Å². The minimum Gasteiger partial charge on any atom is -0.343 e. The second-order valence-electron chi connectivity index (χ2n) is 5.77. The van der Waals surface area contributed by atoms with Crippen molar-refractivity contribution >= 4 is 15.9 Å². The highest BCUT2D eigenvalue weighted by molar-refractivity contribution is 7.89. The maximum absolute atomic E-state index is 12.2. The molecule has 22 heavy (non-hydrogen) atoms. The van der Waals surface area contributed by atoms with E-state index in [2.05, 4.69) is 4.98 Å². The van der Waals surface area contributed by atoms with Crippen LogP contribution in [0.1, 0.15) is 35.4 Å². The molecule has 0 bridgehead atoms. The van der Waals surface area contributed by atoms with Crippen molar-refractivity contribution in [3.8, 4) is 0 Å². The Morgan fingerprint density at radius 3 is 2.55 bits per heavy atom. The summed E-state index contributed by atoms with van der Waals surface area (Å²) in [6.07, 6.45) is 1.12. The van der Waals surface area contributed by atoms with E-state index >= 15 is 0 Å². The third-order valence-electron chi connectivity index (χ3n) is 3.90. The number of nitrogens with zero attached hydrogens (tertiary/aromatic N) is 4. The molecule has 0 saturated carbocycles. The molecule has 0 unspecified atom stereocenters. The number of aromatic nitrogens is 2. The normalized spacial score (nSPS) is 16.2. The summed E-state index contributed by atoms with van der Waals surface area (Å²) in [4.78, 5) is 18.1. The molecule has 0 fully saturated rings. The van der Waals surface area contributed by atoms with Crippen molar-refractivity contribution in [2.24, 2.45) is 0 Å². The number of fused-ring (bicyclic) bond motifs is 1. The summed E-state index contributed by atoms with van der Waals surface area (Å²) in [6.45, 7) is 5.09. The third kappa shape index (κ3) is 3.17. The van der Waals surface area contributed by atoms with Crippen LogP contribution in [-0.4, -0.2) is 66.0 Å². The van der Waals surface area contributed by atoms with Gasteiger partial charge in [0.2, 0.25) is 10.0 Å². The molecule has 8 heteroatoms. The van der Waals surface area contributed by atoms with Crippen molar-refractivity contribution in [2.45, 2.75) is 33.2 Å². The number of hydrogen-bond acceptors (Lipinski definition) is 4. The summed E-state index contributed by atoms with van der Waals surface area (Å²) in [7, 11) is 0.175. The number of imidazole rings is 1. The van der Waals surface area contributed by atoms with Gasteiger partial charge in [-0.15, -0.1) is 0 Å². The van der Waals surface area contributed by atoms with E-state index in [1.165, 1.54) is 9.21 Å². The third-order valence-corrected chi connectivity index (χ3v) is 5.97. The molecule has 7 nitrogen and oxygen atoms in total. The van der Waals surface area contributed by atoms with E-state index in [1.807, 2.05) is 18.4 Å². The van der Waals surface area contributed by atoms with Crippen molar-refractivity contribution in [2.75, 3.05) is 32.9 Å². The van der Waals surface area contributed by atoms with Gasteiger partial charge in [0.05, 0.1) is 11.4 Å². The van der Waals surface area contributed by atoms with Crippen LogP contribution in [0.25, 0.3) is 0 Å². The first-order valence-electron chi connectivity index (χ1n) is 7.53. The second-order valence-corrected chi connectivity index (χ2v) is 7.86. The summed E-state index contributed by atoms with van der Waals surface area (Å²) in [5.41, 5.74) is 1.28. The molecule has 1 aromatic heterocycles. The van der Waals surface area contributed by atoms with E-state index in [4.69, 9.17) is 0 Å².